The Balaban J connectivity index is 2.73. The third-order valence-corrected chi connectivity index (χ3v) is 2.04. The van der Waals surface area contributed by atoms with Crippen LogP contribution in [0.3, 0.4) is 0 Å². The number of nitrogens with zero attached hydrogens (tertiary/aromatic N) is 2. The highest BCUT2D eigenvalue weighted by atomic mass is 15.0. The van der Waals surface area contributed by atoms with Crippen molar-refractivity contribution < 1.29 is 0 Å². The summed E-state index contributed by atoms with van der Waals surface area (Å²) in [6.45, 7) is 7.11. The van der Waals surface area contributed by atoms with Crippen molar-refractivity contribution in [3.63, 3.8) is 0 Å². The summed E-state index contributed by atoms with van der Waals surface area (Å²) in [5, 5.41) is 3.21. The van der Waals surface area contributed by atoms with Crippen molar-refractivity contribution in [2.75, 3.05) is 11.9 Å². The van der Waals surface area contributed by atoms with Gasteiger partial charge in [-0.05, 0) is 26.7 Å². The van der Waals surface area contributed by atoms with Crippen LogP contribution in [0.25, 0.3) is 0 Å². The largest absolute Gasteiger partial charge is 0.370 e. The Labute approximate surface area is 86.0 Å². The number of nitrogens with one attached hydrogen (secondary N) is 1. The number of unbranched alkanes of at least 4 members (excludes halogenated alkanes) is 1. The van der Waals surface area contributed by atoms with Crippen LogP contribution in [0.1, 0.15) is 38.2 Å². The molecule has 0 unspecified atom stereocenters. The first-order chi connectivity index (χ1) is 6.76. The minimum absolute atomic E-state index is 0.856. The molecule has 0 saturated heterocycles. The Bertz CT molecular complexity index is 284. The maximum Gasteiger partial charge on any atom is 0.129 e. The Morgan fingerprint density at radius 2 is 2.07 bits per heavy atom. The SMILES string of the molecule is CCCCc1cc(NCC)nc(C)n1. The van der Waals surface area contributed by atoms with E-state index in [0.29, 0.717) is 0 Å². The molecular weight excluding hydrogens is 174 g/mol. The predicted octanol–water partition coefficient (Wildman–Crippen LogP) is 2.56. The molecule has 78 valence electrons. The van der Waals surface area contributed by atoms with Gasteiger partial charge in [0.25, 0.3) is 0 Å². The van der Waals surface area contributed by atoms with Crippen LogP contribution in [0.4, 0.5) is 5.82 Å². The number of rotatable bonds is 5. The van der Waals surface area contributed by atoms with Crippen LogP contribution < -0.4 is 5.32 Å². The Hall–Kier alpha value is -1.12. The van der Waals surface area contributed by atoms with E-state index in [-0.39, 0.29) is 0 Å². The molecule has 0 fully saturated rings. The third kappa shape index (κ3) is 3.32. The molecule has 1 aromatic heterocycles. The van der Waals surface area contributed by atoms with Crippen LogP contribution in [0.15, 0.2) is 6.07 Å². The van der Waals surface area contributed by atoms with Gasteiger partial charge in [-0.1, -0.05) is 13.3 Å². The van der Waals surface area contributed by atoms with E-state index in [1.54, 1.807) is 0 Å². The van der Waals surface area contributed by atoms with Gasteiger partial charge in [0.2, 0.25) is 0 Å². The highest BCUT2D eigenvalue weighted by Gasteiger charge is 2.00. The summed E-state index contributed by atoms with van der Waals surface area (Å²) in [5.74, 6) is 1.81. The van der Waals surface area contributed by atoms with E-state index in [1.165, 1.54) is 12.8 Å². The molecule has 0 aliphatic rings. The van der Waals surface area contributed by atoms with E-state index in [9.17, 15) is 0 Å². The second-order valence-electron chi connectivity index (χ2n) is 3.43. The quantitative estimate of drug-likeness (QED) is 0.781. The maximum absolute atomic E-state index is 4.40. The van der Waals surface area contributed by atoms with Crippen LogP contribution in [-0.4, -0.2) is 16.5 Å². The second-order valence-corrected chi connectivity index (χ2v) is 3.43. The lowest BCUT2D eigenvalue weighted by molar-refractivity contribution is 0.768. The molecule has 1 N–H and O–H groups in total. The van der Waals surface area contributed by atoms with Gasteiger partial charge in [-0.15, -0.1) is 0 Å². The second kappa shape index (κ2) is 5.58. The fraction of sp³-hybridized carbons (Fsp3) is 0.636. The summed E-state index contributed by atoms with van der Waals surface area (Å²) >= 11 is 0. The topological polar surface area (TPSA) is 37.8 Å². The van der Waals surface area contributed by atoms with E-state index in [4.69, 9.17) is 0 Å². The lowest BCUT2D eigenvalue weighted by Gasteiger charge is -2.06. The first-order valence-corrected chi connectivity index (χ1v) is 5.34. The smallest absolute Gasteiger partial charge is 0.129 e. The van der Waals surface area contributed by atoms with Crippen LogP contribution in [0.2, 0.25) is 0 Å². The molecule has 0 aliphatic carbocycles. The lowest BCUT2D eigenvalue weighted by Crippen LogP contribution is -2.04. The fourth-order valence-electron chi connectivity index (χ4n) is 1.39. The van der Waals surface area contributed by atoms with Crippen molar-refractivity contribution in [3.8, 4) is 0 Å². The van der Waals surface area contributed by atoms with Crippen molar-refractivity contribution in [3.05, 3.63) is 17.6 Å². The Kier molecular flexibility index (Phi) is 4.36. The Morgan fingerprint density at radius 3 is 2.71 bits per heavy atom. The average Bonchev–Trinajstić information content (AvgIpc) is 2.14. The van der Waals surface area contributed by atoms with E-state index < -0.39 is 0 Å². The number of anilines is 1. The van der Waals surface area contributed by atoms with Gasteiger partial charge >= 0.3 is 0 Å². The third-order valence-electron chi connectivity index (χ3n) is 2.04. The van der Waals surface area contributed by atoms with Crippen LogP contribution >= 0.6 is 0 Å². The molecule has 1 heterocycles. The van der Waals surface area contributed by atoms with E-state index in [0.717, 1.165) is 30.3 Å². The molecule has 3 heteroatoms. The molecule has 0 amide bonds. The van der Waals surface area contributed by atoms with E-state index in [1.807, 2.05) is 13.0 Å². The zero-order valence-corrected chi connectivity index (χ0v) is 9.30. The van der Waals surface area contributed by atoms with E-state index >= 15 is 0 Å². The standard InChI is InChI=1S/C11H19N3/c1-4-6-7-10-8-11(12-5-2)14-9(3)13-10/h8H,4-7H2,1-3H3,(H,12,13,14). The fourth-order valence-corrected chi connectivity index (χ4v) is 1.39. The number of aryl methyl sites for hydroxylation is 2. The van der Waals surface area contributed by atoms with Gasteiger partial charge in [-0.2, -0.15) is 0 Å². The first-order valence-electron chi connectivity index (χ1n) is 5.34. The summed E-state index contributed by atoms with van der Waals surface area (Å²) in [4.78, 5) is 8.71. The van der Waals surface area contributed by atoms with Gasteiger partial charge in [0, 0.05) is 18.3 Å². The minimum Gasteiger partial charge on any atom is -0.370 e. The summed E-state index contributed by atoms with van der Waals surface area (Å²) < 4.78 is 0. The molecule has 3 nitrogen and oxygen atoms in total. The highest BCUT2D eigenvalue weighted by Crippen LogP contribution is 2.08. The summed E-state index contributed by atoms with van der Waals surface area (Å²) in [6, 6.07) is 2.05. The van der Waals surface area contributed by atoms with Crippen molar-refractivity contribution >= 4 is 5.82 Å². The monoisotopic (exact) mass is 193 g/mol. The maximum atomic E-state index is 4.40. The highest BCUT2D eigenvalue weighted by molar-refractivity contribution is 5.35. The average molecular weight is 193 g/mol. The van der Waals surface area contributed by atoms with Gasteiger partial charge in [0.05, 0.1) is 0 Å². The van der Waals surface area contributed by atoms with Gasteiger partial charge in [-0.25, -0.2) is 9.97 Å². The number of hydrogen-bond donors (Lipinski definition) is 1. The number of aromatic nitrogens is 2. The van der Waals surface area contributed by atoms with Gasteiger partial charge in [0.15, 0.2) is 0 Å². The molecule has 1 aromatic rings. The molecular formula is C11H19N3. The molecule has 0 atom stereocenters. The van der Waals surface area contributed by atoms with Crippen LogP contribution in [0.5, 0.6) is 0 Å². The van der Waals surface area contributed by atoms with Gasteiger partial charge < -0.3 is 5.32 Å². The normalized spacial score (nSPS) is 10.2. The van der Waals surface area contributed by atoms with Crippen molar-refractivity contribution in [2.45, 2.75) is 40.0 Å². The minimum atomic E-state index is 0.856. The van der Waals surface area contributed by atoms with Crippen LogP contribution in [-0.2, 0) is 6.42 Å². The van der Waals surface area contributed by atoms with Crippen molar-refractivity contribution in [1.29, 1.82) is 0 Å². The zero-order chi connectivity index (χ0) is 10.4. The zero-order valence-electron chi connectivity index (χ0n) is 9.30. The molecule has 0 aliphatic heterocycles. The molecule has 0 spiro atoms. The van der Waals surface area contributed by atoms with Gasteiger partial charge in [-0.3, -0.25) is 0 Å². The molecule has 0 radical (unpaired) electrons. The Morgan fingerprint density at radius 1 is 1.29 bits per heavy atom. The summed E-state index contributed by atoms with van der Waals surface area (Å²) in [6.07, 6.45) is 3.46. The van der Waals surface area contributed by atoms with Crippen molar-refractivity contribution in [2.24, 2.45) is 0 Å². The molecule has 0 saturated carbocycles. The summed E-state index contributed by atoms with van der Waals surface area (Å²) in [7, 11) is 0. The first kappa shape index (κ1) is 11.0. The molecule has 1 rings (SSSR count). The molecule has 14 heavy (non-hydrogen) atoms. The lowest BCUT2D eigenvalue weighted by atomic mass is 10.2. The van der Waals surface area contributed by atoms with E-state index in [2.05, 4.69) is 29.1 Å². The molecule has 0 bridgehead atoms. The van der Waals surface area contributed by atoms with Crippen LogP contribution in [0, 0.1) is 6.92 Å². The summed E-state index contributed by atoms with van der Waals surface area (Å²) in [5.41, 5.74) is 1.15. The van der Waals surface area contributed by atoms with Gasteiger partial charge in [0.1, 0.15) is 11.6 Å². The van der Waals surface area contributed by atoms with Crippen molar-refractivity contribution in [1.82, 2.24) is 9.97 Å². The number of hydrogen-bond acceptors (Lipinski definition) is 3. The molecule has 0 aromatic carbocycles. The predicted molar refractivity (Wildman–Crippen MR) is 59.5 cm³/mol.